The van der Waals surface area contributed by atoms with E-state index in [-0.39, 0.29) is 11.1 Å². The summed E-state index contributed by atoms with van der Waals surface area (Å²) in [5.74, 6) is -2.70. The maximum absolute atomic E-state index is 11.6. The van der Waals surface area contributed by atoms with E-state index in [2.05, 4.69) is 13.8 Å². The molecule has 2 N–H and O–H groups in total. The molecule has 0 aromatic heterocycles. The summed E-state index contributed by atoms with van der Waals surface area (Å²) < 4.78 is 0. The lowest BCUT2D eigenvalue weighted by molar-refractivity contribution is -0.137. The van der Waals surface area contributed by atoms with Crippen molar-refractivity contribution >= 4 is 29.8 Å². The summed E-state index contributed by atoms with van der Waals surface area (Å²) in [6, 6.07) is 14.2. The molecular weight excluding hydrogens is 374 g/mol. The largest absolute Gasteiger partial charge is 0.480 e. The Labute approximate surface area is 167 Å². The highest BCUT2D eigenvalue weighted by Gasteiger charge is 2.36. The van der Waals surface area contributed by atoms with Gasteiger partial charge in [-0.15, -0.1) is 0 Å². The van der Waals surface area contributed by atoms with Crippen LogP contribution >= 0.6 is 0 Å². The summed E-state index contributed by atoms with van der Waals surface area (Å²) in [5, 5.41) is 17.0. The molecule has 7 heteroatoms. The fraction of sp³-hybridized carbons (Fsp3) is 0.182. The number of carboxylic acid groups (broad SMARTS) is 2. The molecule has 2 aromatic carbocycles. The number of aliphatic carboxylic acids is 2. The van der Waals surface area contributed by atoms with Crippen LogP contribution in [0.15, 0.2) is 54.6 Å². The molecule has 3 rings (SSSR count). The highest BCUT2D eigenvalue weighted by Crippen LogP contribution is 2.21. The molecule has 2 amide bonds. The second-order valence-electron chi connectivity index (χ2n) is 6.63. The van der Waals surface area contributed by atoms with Gasteiger partial charge in [-0.25, -0.2) is 4.79 Å². The number of carbonyl (C=O) groups is 4. The van der Waals surface area contributed by atoms with Gasteiger partial charge in [0.2, 0.25) is 0 Å². The SMILES string of the molecule is CC(C)c1ccc(C=CC(=O)O)cc1.O=C(O)CN1C(=O)c2ccccc2C1=O. The van der Waals surface area contributed by atoms with E-state index in [0.717, 1.165) is 16.5 Å². The van der Waals surface area contributed by atoms with E-state index < -0.39 is 30.3 Å². The first-order valence-corrected chi connectivity index (χ1v) is 8.88. The predicted molar refractivity (Wildman–Crippen MR) is 107 cm³/mol. The van der Waals surface area contributed by atoms with E-state index in [1.54, 1.807) is 18.2 Å². The zero-order valence-electron chi connectivity index (χ0n) is 16.0. The molecule has 150 valence electrons. The van der Waals surface area contributed by atoms with Gasteiger partial charge in [-0.3, -0.25) is 19.3 Å². The first-order valence-electron chi connectivity index (χ1n) is 8.88. The Hall–Kier alpha value is -3.74. The van der Waals surface area contributed by atoms with Crippen molar-refractivity contribution in [2.45, 2.75) is 19.8 Å². The molecule has 1 aliphatic heterocycles. The van der Waals surface area contributed by atoms with Crippen molar-refractivity contribution in [3.05, 3.63) is 76.9 Å². The van der Waals surface area contributed by atoms with Crippen LogP contribution in [0.1, 0.15) is 51.6 Å². The topological polar surface area (TPSA) is 112 Å². The van der Waals surface area contributed by atoms with Crippen molar-refractivity contribution in [2.24, 2.45) is 0 Å². The van der Waals surface area contributed by atoms with Gasteiger partial charge < -0.3 is 10.2 Å². The van der Waals surface area contributed by atoms with Crippen molar-refractivity contribution in [1.82, 2.24) is 4.90 Å². The lowest BCUT2D eigenvalue weighted by Crippen LogP contribution is -2.34. The zero-order valence-corrected chi connectivity index (χ0v) is 16.0. The highest BCUT2D eigenvalue weighted by atomic mass is 16.4. The molecule has 29 heavy (non-hydrogen) atoms. The van der Waals surface area contributed by atoms with E-state index in [1.165, 1.54) is 17.7 Å². The number of benzene rings is 2. The first kappa shape index (κ1) is 21.6. The smallest absolute Gasteiger partial charge is 0.328 e. The third-order valence-electron chi connectivity index (χ3n) is 4.19. The maximum Gasteiger partial charge on any atom is 0.328 e. The zero-order chi connectivity index (χ0) is 21.6. The molecule has 1 heterocycles. The molecule has 0 bridgehead atoms. The molecule has 2 aromatic rings. The molecule has 0 saturated carbocycles. The van der Waals surface area contributed by atoms with Crippen LogP contribution in [0.3, 0.4) is 0 Å². The van der Waals surface area contributed by atoms with E-state index in [4.69, 9.17) is 10.2 Å². The van der Waals surface area contributed by atoms with Crippen LogP contribution in [0, 0.1) is 0 Å². The van der Waals surface area contributed by atoms with Crippen LogP contribution in [0.5, 0.6) is 0 Å². The van der Waals surface area contributed by atoms with Crippen molar-refractivity contribution in [3.8, 4) is 0 Å². The van der Waals surface area contributed by atoms with Crippen LogP contribution in [-0.4, -0.2) is 45.4 Å². The molecule has 0 unspecified atom stereocenters. The first-order chi connectivity index (χ1) is 13.7. The van der Waals surface area contributed by atoms with Gasteiger partial charge >= 0.3 is 11.9 Å². The van der Waals surface area contributed by atoms with Gasteiger partial charge in [0, 0.05) is 6.08 Å². The minimum Gasteiger partial charge on any atom is -0.480 e. The van der Waals surface area contributed by atoms with Crippen LogP contribution < -0.4 is 0 Å². The van der Waals surface area contributed by atoms with Gasteiger partial charge in [0.15, 0.2) is 0 Å². The number of hydrogen-bond donors (Lipinski definition) is 2. The minimum absolute atomic E-state index is 0.267. The Kier molecular flexibility index (Phi) is 7.03. The Morgan fingerprint density at radius 2 is 1.45 bits per heavy atom. The number of carboxylic acids is 2. The highest BCUT2D eigenvalue weighted by molar-refractivity contribution is 6.22. The summed E-state index contributed by atoms with van der Waals surface area (Å²) in [5.41, 5.74) is 2.71. The number of hydrogen-bond acceptors (Lipinski definition) is 4. The number of amides is 2. The van der Waals surface area contributed by atoms with Crippen LogP contribution in [0.2, 0.25) is 0 Å². The van der Waals surface area contributed by atoms with Crippen molar-refractivity contribution < 1.29 is 29.4 Å². The summed E-state index contributed by atoms with van der Waals surface area (Å²) in [7, 11) is 0. The second-order valence-corrected chi connectivity index (χ2v) is 6.63. The summed E-state index contributed by atoms with van der Waals surface area (Å²) in [6.07, 6.45) is 2.73. The Morgan fingerprint density at radius 1 is 0.931 bits per heavy atom. The fourth-order valence-corrected chi connectivity index (χ4v) is 2.68. The molecule has 0 aliphatic carbocycles. The minimum atomic E-state index is -1.20. The Bertz CT molecular complexity index is 925. The van der Waals surface area contributed by atoms with E-state index in [1.807, 2.05) is 24.3 Å². The summed E-state index contributed by atoms with van der Waals surface area (Å²) in [4.78, 5) is 44.6. The number of fused-ring (bicyclic) bond motifs is 1. The number of rotatable bonds is 5. The van der Waals surface area contributed by atoms with Crippen molar-refractivity contribution in [1.29, 1.82) is 0 Å². The second kappa shape index (κ2) is 9.45. The summed E-state index contributed by atoms with van der Waals surface area (Å²) >= 11 is 0. The lowest BCUT2D eigenvalue weighted by Gasteiger charge is -2.09. The lowest BCUT2D eigenvalue weighted by atomic mass is 10.0. The van der Waals surface area contributed by atoms with E-state index >= 15 is 0 Å². The fourth-order valence-electron chi connectivity index (χ4n) is 2.68. The monoisotopic (exact) mass is 395 g/mol. The van der Waals surface area contributed by atoms with E-state index in [0.29, 0.717) is 5.92 Å². The quantitative estimate of drug-likeness (QED) is 0.594. The van der Waals surface area contributed by atoms with Gasteiger partial charge in [0.25, 0.3) is 11.8 Å². The Balaban J connectivity index is 0.000000208. The molecule has 0 radical (unpaired) electrons. The average Bonchev–Trinajstić information content (AvgIpc) is 2.92. The van der Waals surface area contributed by atoms with Crippen LogP contribution in [0.25, 0.3) is 6.08 Å². The molecule has 0 fully saturated rings. The van der Waals surface area contributed by atoms with Gasteiger partial charge in [-0.2, -0.15) is 0 Å². The van der Waals surface area contributed by atoms with E-state index in [9.17, 15) is 19.2 Å². The molecular formula is C22H21NO6. The maximum atomic E-state index is 11.6. The number of nitrogens with zero attached hydrogens (tertiary/aromatic N) is 1. The third-order valence-corrected chi connectivity index (χ3v) is 4.19. The van der Waals surface area contributed by atoms with Crippen molar-refractivity contribution in [2.75, 3.05) is 6.54 Å². The predicted octanol–water partition coefficient (Wildman–Crippen LogP) is 3.28. The molecule has 0 atom stereocenters. The Morgan fingerprint density at radius 3 is 1.86 bits per heavy atom. The number of imide groups is 1. The van der Waals surface area contributed by atoms with Crippen LogP contribution in [0.4, 0.5) is 0 Å². The van der Waals surface area contributed by atoms with Gasteiger partial charge in [-0.05, 0) is 35.3 Å². The van der Waals surface area contributed by atoms with Gasteiger partial charge in [0.1, 0.15) is 6.54 Å². The number of carbonyl (C=O) groups excluding carboxylic acids is 2. The normalized spacial score (nSPS) is 12.7. The van der Waals surface area contributed by atoms with Gasteiger partial charge in [0.05, 0.1) is 11.1 Å². The van der Waals surface area contributed by atoms with Crippen LogP contribution in [-0.2, 0) is 9.59 Å². The average molecular weight is 395 g/mol. The molecule has 0 spiro atoms. The molecule has 0 saturated heterocycles. The summed E-state index contributed by atoms with van der Waals surface area (Å²) in [6.45, 7) is 3.66. The standard InChI is InChI=1S/C12H14O2.C10H7NO4/c1-9(2)11-6-3-10(4-7-11)5-8-12(13)14;12-8(13)5-11-9(14)6-3-1-2-4-7(6)10(11)15/h3-9H,1-2H3,(H,13,14);1-4H,5H2,(H,12,13). The molecule has 1 aliphatic rings. The molecule has 7 nitrogen and oxygen atoms in total. The van der Waals surface area contributed by atoms with Crippen molar-refractivity contribution in [3.63, 3.8) is 0 Å². The third kappa shape index (κ3) is 5.62. The van der Waals surface area contributed by atoms with Gasteiger partial charge in [-0.1, -0.05) is 50.2 Å².